The molecule has 1 aliphatic heterocycles. The van der Waals surface area contributed by atoms with E-state index in [4.69, 9.17) is 4.74 Å². The van der Waals surface area contributed by atoms with Gasteiger partial charge in [-0.15, -0.1) is 0 Å². The number of carbonyl (C=O) groups excluding carboxylic acids is 2. The van der Waals surface area contributed by atoms with Crippen molar-refractivity contribution in [3.63, 3.8) is 0 Å². The molecule has 1 unspecified atom stereocenters. The Balaban J connectivity index is 1.61. The van der Waals surface area contributed by atoms with Crippen LogP contribution < -0.4 is 10.1 Å². The second kappa shape index (κ2) is 8.04. The zero-order valence-electron chi connectivity index (χ0n) is 15.0. The Labute approximate surface area is 162 Å². The third-order valence-electron chi connectivity index (χ3n) is 4.62. The largest absolute Gasteiger partial charge is 0.493 e. The van der Waals surface area contributed by atoms with Crippen LogP contribution in [0, 0.1) is 13.8 Å². The molecule has 0 bridgehead atoms. The quantitative estimate of drug-likeness (QED) is 0.721. The molecule has 0 saturated heterocycles. The summed E-state index contributed by atoms with van der Waals surface area (Å²) in [6.07, 6.45) is 1.12. The molecule has 1 atom stereocenters. The van der Waals surface area contributed by atoms with Crippen LogP contribution >= 0.6 is 15.9 Å². The fourth-order valence-electron chi connectivity index (χ4n) is 3.18. The Bertz CT molecular complexity index is 847. The van der Waals surface area contributed by atoms with E-state index in [1.807, 2.05) is 50.2 Å². The third kappa shape index (κ3) is 4.33. The SMILES string of the molecule is Cc1ccc(C)c(C(=O)CCC(=O)NC2CCOc3ccc(Br)cc32)c1. The normalized spacial score (nSPS) is 15.7. The lowest BCUT2D eigenvalue weighted by atomic mass is 9.98. The van der Waals surface area contributed by atoms with Gasteiger partial charge in [-0.2, -0.15) is 0 Å². The number of ether oxygens (including phenoxy) is 1. The fourth-order valence-corrected chi connectivity index (χ4v) is 3.56. The Hall–Kier alpha value is -2.14. The maximum absolute atomic E-state index is 12.5. The molecule has 136 valence electrons. The van der Waals surface area contributed by atoms with Crippen LogP contribution in [0.3, 0.4) is 0 Å². The molecule has 0 saturated carbocycles. The molecule has 26 heavy (non-hydrogen) atoms. The lowest BCUT2D eigenvalue weighted by Gasteiger charge is -2.27. The van der Waals surface area contributed by atoms with E-state index in [2.05, 4.69) is 21.2 Å². The monoisotopic (exact) mass is 415 g/mol. The lowest BCUT2D eigenvalue weighted by molar-refractivity contribution is -0.122. The minimum absolute atomic E-state index is 0.0106. The second-order valence-electron chi connectivity index (χ2n) is 6.68. The first-order valence-corrected chi connectivity index (χ1v) is 9.55. The van der Waals surface area contributed by atoms with Gasteiger partial charge >= 0.3 is 0 Å². The zero-order valence-corrected chi connectivity index (χ0v) is 16.6. The summed E-state index contributed by atoms with van der Waals surface area (Å²) in [5, 5.41) is 3.04. The van der Waals surface area contributed by atoms with Gasteiger partial charge in [0.05, 0.1) is 12.6 Å². The minimum Gasteiger partial charge on any atom is -0.493 e. The van der Waals surface area contributed by atoms with Crippen LogP contribution in [0.2, 0.25) is 0 Å². The third-order valence-corrected chi connectivity index (χ3v) is 5.11. The molecule has 3 rings (SSSR count). The standard InChI is InChI=1S/C21H22BrNO3/c1-13-3-4-14(2)16(11-13)19(24)6-8-21(25)23-18-9-10-26-20-7-5-15(22)12-17(18)20/h3-5,7,11-12,18H,6,8-10H2,1-2H3,(H,23,25). The van der Waals surface area contributed by atoms with Crippen LogP contribution in [0.5, 0.6) is 5.75 Å². The second-order valence-corrected chi connectivity index (χ2v) is 7.60. The smallest absolute Gasteiger partial charge is 0.220 e. The Morgan fingerprint density at radius 1 is 1.15 bits per heavy atom. The molecular weight excluding hydrogens is 394 g/mol. The molecular formula is C21H22BrNO3. The van der Waals surface area contributed by atoms with Gasteiger partial charge < -0.3 is 10.1 Å². The number of fused-ring (bicyclic) bond motifs is 1. The molecule has 0 aliphatic carbocycles. The van der Waals surface area contributed by atoms with Crippen molar-refractivity contribution < 1.29 is 14.3 Å². The van der Waals surface area contributed by atoms with Gasteiger partial charge in [-0.25, -0.2) is 0 Å². The Kier molecular flexibility index (Phi) is 5.77. The summed E-state index contributed by atoms with van der Waals surface area (Å²) in [5.74, 6) is 0.703. The van der Waals surface area contributed by atoms with Crippen molar-refractivity contribution in [2.45, 2.75) is 39.2 Å². The molecule has 1 N–H and O–H groups in total. The molecule has 1 aliphatic rings. The summed E-state index contributed by atoms with van der Waals surface area (Å²) < 4.78 is 6.59. The average Bonchev–Trinajstić information content (AvgIpc) is 2.62. The maximum Gasteiger partial charge on any atom is 0.220 e. The molecule has 2 aromatic carbocycles. The van der Waals surface area contributed by atoms with Crippen molar-refractivity contribution in [2.75, 3.05) is 6.61 Å². The minimum atomic E-state index is -0.110. The summed E-state index contributed by atoms with van der Waals surface area (Å²) in [5.41, 5.74) is 3.68. The highest BCUT2D eigenvalue weighted by Crippen LogP contribution is 2.34. The number of hydrogen-bond acceptors (Lipinski definition) is 3. The number of amides is 1. The first-order chi connectivity index (χ1) is 12.4. The van der Waals surface area contributed by atoms with Gasteiger partial charge in [-0.1, -0.05) is 33.6 Å². The summed E-state index contributed by atoms with van der Waals surface area (Å²) in [7, 11) is 0. The predicted octanol–water partition coefficient (Wildman–Crippen LogP) is 4.67. The molecule has 0 aromatic heterocycles. The van der Waals surface area contributed by atoms with Gasteiger partial charge in [-0.05, 0) is 43.7 Å². The van der Waals surface area contributed by atoms with Gasteiger partial charge in [0.2, 0.25) is 5.91 Å². The van der Waals surface area contributed by atoms with Crippen molar-refractivity contribution in [3.8, 4) is 5.75 Å². The van der Waals surface area contributed by atoms with E-state index in [1.54, 1.807) is 0 Å². The number of hydrogen-bond donors (Lipinski definition) is 1. The average molecular weight is 416 g/mol. The highest BCUT2D eigenvalue weighted by molar-refractivity contribution is 9.10. The van der Waals surface area contributed by atoms with Gasteiger partial charge in [0, 0.05) is 34.9 Å². The number of benzene rings is 2. The van der Waals surface area contributed by atoms with E-state index in [0.29, 0.717) is 12.2 Å². The molecule has 4 nitrogen and oxygen atoms in total. The first kappa shape index (κ1) is 18.6. The van der Waals surface area contributed by atoms with Crippen molar-refractivity contribution in [3.05, 3.63) is 63.1 Å². The number of Topliss-reactive ketones (excluding diaryl/α,β-unsaturated/α-hetero) is 1. The number of nitrogens with one attached hydrogen (secondary N) is 1. The Morgan fingerprint density at radius 3 is 2.77 bits per heavy atom. The van der Waals surface area contributed by atoms with Crippen molar-refractivity contribution >= 4 is 27.6 Å². The number of carbonyl (C=O) groups is 2. The van der Waals surface area contributed by atoms with Crippen LogP contribution in [0.25, 0.3) is 0 Å². The van der Waals surface area contributed by atoms with Crippen LogP contribution in [0.4, 0.5) is 0 Å². The molecule has 5 heteroatoms. The van der Waals surface area contributed by atoms with E-state index in [9.17, 15) is 9.59 Å². The first-order valence-electron chi connectivity index (χ1n) is 8.76. The van der Waals surface area contributed by atoms with Crippen LogP contribution in [0.15, 0.2) is 40.9 Å². The fraction of sp³-hybridized carbons (Fsp3) is 0.333. The van der Waals surface area contributed by atoms with Gasteiger partial charge in [0.1, 0.15) is 5.75 Å². The predicted molar refractivity (Wildman–Crippen MR) is 105 cm³/mol. The number of ketones is 1. The molecule has 0 fully saturated rings. The number of aryl methyl sites for hydroxylation is 2. The summed E-state index contributed by atoms with van der Waals surface area (Å²) in [4.78, 5) is 24.8. The van der Waals surface area contributed by atoms with Crippen LogP contribution in [0.1, 0.15) is 52.4 Å². The van der Waals surface area contributed by atoms with Crippen molar-refractivity contribution in [1.82, 2.24) is 5.32 Å². The molecule has 0 radical (unpaired) electrons. The number of rotatable bonds is 5. The van der Waals surface area contributed by atoms with E-state index >= 15 is 0 Å². The maximum atomic E-state index is 12.5. The highest BCUT2D eigenvalue weighted by atomic mass is 79.9. The van der Waals surface area contributed by atoms with Crippen LogP contribution in [-0.2, 0) is 4.79 Å². The molecule has 2 aromatic rings. The highest BCUT2D eigenvalue weighted by Gasteiger charge is 2.23. The lowest BCUT2D eigenvalue weighted by Crippen LogP contribution is -2.32. The van der Waals surface area contributed by atoms with Gasteiger partial charge in [0.25, 0.3) is 0 Å². The van der Waals surface area contributed by atoms with Crippen molar-refractivity contribution in [1.29, 1.82) is 0 Å². The van der Waals surface area contributed by atoms with Gasteiger partial charge in [-0.3, -0.25) is 9.59 Å². The molecule has 1 amide bonds. The van der Waals surface area contributed by atoms with E-state index in [1.165, 1.54) is 0 Å². The molecule has 0 spiro atoms. The van der Waals surface area contributed by atoms with Crippen LogP contribution in [-0.4, -0.2) is 18.3 Å². The number of halogens is 1. The summed E-state index contributed by atoms with van der Waals surface area (Å²) in [6, 6.07) is 11.5. The summed E-state index contributed by atoms with van der Waals surface area (Å²) in [6.45, 7) is 4.45. The van der Waals surface area contributed by atoms with Gasteiger partial charge in [0.15, 0.2) is 5.78 Å². The summed E-state index contributed by atoms with van der Waals surface area (Å²) >= 11 is 3.46. The zero-order chi connectivity index (χ0) is 18.7. The molecule has 1 heterocycles. The van der Waals surface area contributed by atoms with E-state index < -0.39 is 0 Å². The topological polar surface area (TPSA) is 55.4 Å². The van der Waals surface area contributed by atoms with E-state index in [-0.39, 0.29) is 30.6 Å². The Morgan fingerprint density at radius 2 is 1.96 bits per heavy atom. The van der Waals surface area contributed by atoms with Crippen molar-refractivity contribution in [2.24, 2.45) is 0 Å². The van der Waals surface area contributed by atoms with E-state index in [0.717, 1.165) is 33.3 Å².